The summed E-state index contributed by atoms with van der Waals surface area (Å²) in [6, 6.07) is 24.7. The Labute approximate surface area is 477 Å². The number of aromatic nitrogens is 1. The van der Waals surface area contributed by atoms with Gasteiger partial charge in [-0.25, -0.2) is 4.79 Å². The smallest absolute Gasteiger partial charge is 0.326 e. The largest absolute Gasteiger partial charge is 0.508 e. The number of amides is 7. The van der Waals surface area contributed by atoms with Gasteiger partial charge >= 0.3 is 5.97 Å². The van der Waals surface area contributed by atoms with Gasteiger partial charge in [-0.05, 0) is 89.4 Å². The number of nitrogens with one attached hydrogen (secondary N) is 8. The predicted molar refractivity (Wildman–Crippen MR) is 313 cm³/mol. The van der Waals surface area contributed by atoms with Crippen LogP contribution in [-0.4, -0.2) is 129 Å². The molecule has 5 aromatic carbocycles. The third-order valence-electron chi connectivity index (χ3n) is 13.9. The molecule has 6 aromatic rings. The van der Waals surface area contributed by atoms with E-state index in [0.717, 1.165) is 48.8 Å². The molecule has 0 aliphatic carbocycles. The molecule has 2 heterocycles. The molecule has 0 saturated carbocycles. The van der Waals surface area contributed by atoms with Crippen LogP contribution in [0.1, 0.15) is 55.4 Å². The summed E-state index contributed by atoms with van der Waals surface area (Å²) >= 11 is 0. The van der Waals surface area contributed by atoms with Crippen LogP contribution in [0.25, 0.3) is 21.7 Å². The highest BCUT2D eigenvalue weighted by Gasteiger charge is 2.36. The quantitative estimate of drug-likeness (QED) is 0.0434. The number of hydrogen-bond acceptors (Lipinski definition) is 13. The van der Waals surface area contributed by atoms with Crippen LogP contribution in [0.5, 0.6) is 5.75 Å². The Bertz CT molecular complexity index is 3160. The van der Waals surface area contributed by atoms with E-state index in [1.165, 1.54) is 12.1 Å². The summed E-state index contributed by atoms with van der Waals surface area (Å²) in [7, 11) is 2.08. The number of aliphatic carboxylic acids is 1. The van der Waals surface area contributed by atoms with Crippen molar-refractivity contribution in [3.8, 4) is 5.75 Å². The van der Waals surface area contributed by atoms with Crippen molar-refractivity contribution in [1.29, 1.82) is 0 Å². The molecule has 1 aliphatic rings. The van der Waals surface area contributed by atoms with E-state index in [1.54, 1.807) is 62.5 Å². The van der Waals surface area contributed by atoms with Gasteiger partial charge in [0.05, 0.1) is 6.04 Å². The summed E-state index contributed by atoms with van der Waals surface area (Å²) in [6.45, 7) is 3.64. The first-order chi connectivity index (χ1) is 39.0. The number of carboxylic acids is 1. The molecule has 0 spiro atoms. The second-order valence-corrected chi connectivity index (χ2v) is 23.0. The van der Waals surface area contributed by atoms with Gasteiger partial charge in [0.2, 0.25) is 41.4 Å². The van der Waals surface area contributed by atoms with Crippen molar-refractivity contribution in [2.75, 3.05) is 18.1 Å². The molecular weight excluding hydrogens is 1070 g/mol. The van der Waals surface area contributed by atoms with Gasteiger partial charge in [0.1, 0.15) is 48.0 Å². The van der Waals surface area contributed by atoms with Gasteiger partial charge in [0.25, 0.3) is 0 Å². The number of fused-ring (bicyclic) bond motifs is 2. The fourth-order valence-corrected chi connectivity index (χ4v) is 11.7. The molecule has 20 nitrogen and oxygen atoms in total. The fourth-order valence-electron chi connectivity index (χ4n) is 9.35. The Balaban J connectivity index is 1.25. The molecule has 0 bridgehead atoms. The van der Waals surface area contributed by atoms with Crippen LogP contribution in [0.3, 0.4) is 0 Å². The number of hydrogen-bond donors (Lipinski definition) is 12. The average Bonchev–Trinajstić information content (AvgIpc) is 3.86. The number of carboxylic acid groups (broad SMARTS) is 1. The lowest BCUT2D eigenvalue weighted by atomic mass is 10.00. The van der Waals surface area contributed by atoms with E-state index < -0.39 is 102 Å². The number of rotatable bonds is 18. The van der Waals surface area contributed by atoms with Crippen LogP contribution in [0.15, 0.2) is 128 Å². The second-order valence-electron chi connectivity index (χ2n) is 20.4. The number of para-hydroxylation sites is 1. The number of aromatic amines is 1. The minimum Gasteiger partial charge on any atom is -0.508 e. The molecule has 428 valence electrons. The van der Waals surface area contributed by atoms with Gasteiger partial charge in [-0.1, -0.05) is 139 Å². The maximum absolute atomic E-state index is 14.9. The van der Waals surface area contributed by atoms with Crippen molar-refractivity contribution in [3.05, 3.63) is 150 Å². The highest BCUT2D eigenvalue weighted by molar-refractivity contribution is 8.76. The third-order valence-corrected chi connectivity index (χ3v) is 16.3. The van der Waals surface area contributed by atoms with E-state index in [9.17, 15) is 48.6 Å². The number of phenols is 1. The Kier molecular flexibility index (Phi) is 22.1. The van der Waals surface area contributed by atoms with E-state index in [1.807, 2.05) is 66.7 Å². The molecule has 7 rings (SSSR count). The van der Waals surface area contributed by atoms with Gasteiger partial charge < -0.3 is 63.9 Å². The zero-order valence-corrected chi connectivity index (χ0v) is 46.7. The molecule has 1 saturated heterocycles. The first kappa shape index (κ1) is 60.7. The number of carbonyl (C=O) groups is 8. The Hall–Kier alpha value is -7.92. The van der Waals surface area contributed by atoms with Gasteiger partial charge in [-0.2, -0.15) is 0 Å². The molecule has 1 aliphatic heterocycles. The molecule has 0 radical (unpaired) electrons. The number of carbonyl (C=O) groups excluding carboxylic acids is 7. The lowest BCUT2D eigenvalue weighted by Gasteiger charge is -2.29. The molecule has 1 aromatic heterocycles. The molecule has 81 heavy (non-hydrogen) atoms. The van der Waals surface area contributed by atoms with Crippen molar-refractivity contribution in [2.45, 2.75) is 107 Å². The van der Waals surface area contributed by atoms with Crippen LogP contribution in [0.4, 0.5) is 0 Å². The lowest BCUT2D eigenvalue weighted by Crippen LogP contribution is -2.61. The van der Waals surface area contributed by atoms with Crippen LogP contribution in [0, 0.1) is 5.92 Å². The Morgan fingerprint density at radius 3 is 2.00 bits per heavy atom. The van der Waals surface area contributed by atoms with Crippen LogP contribution in [-0.2, 0) is 64.0 Å². The maximum atomic E-state index is 14.9. The molecule has 7 amide bonds. The fraction of sp³-hybridized carbons (Fsp3) is 0.356. The third kappa shape index (κ3) is 17.5. The molecule has 22 heteroatoms. The predicted octanol–water partition coefficient (Wildman–Crippen LogP) is 3.28. The molecule has 1 fully saturated rings. The molecule has 8 atom stereocenters. The number of nitrogens with two attached hydrogens (primary N) is 2. The van der Waals surface area contributed by atoms with Crippen molar-refractivity contribution in [3.63, 3.8) is 0 Å². The summed E-state index contributed by atoms with van der Waals surface area (Å²) in [5, 5.41) is 42.5. The molecular formula is C59H70N10O10S2. The molecule has 0 unspecified atom stereocenters. The highest BCUT2D eigenvalue weighted by Crippen LogP contribution is 2.25. The summed E-state index contributed by atoms with van der Waals surface area (Å²) in [5.41, 5.74) is 15.6. The number of unbranched alkanes of at least 4 members (excludes halogenated alkanes) is 1. The van der Waals surface area contributed by atoms with E-state index in [-0.39, 0.29) is 55.9 Å². The van der Waals surface area contributed by atoms with E-state index in [0.29, 0.717) is 29.5 Å². The zero-order valence-electron chi connectivity index (χ0n) is 45.0. The summed E-state index contributed by atoms with van der Waals surface area (Å²) in [5.74, 6) is -7.80. The maximum Gasteiger partial charge on any atom is 0.326 e. The zero-order chi connectivity index (χ0) is 58.0. The van der Waals surface area contributed by atoms with Crippen LogP contribution >= 0.6 is 21.6 Å². The van der Waals surface area contributed by atoms with Gasteiger partial charge in [-0.3, -0.25) is 33.6 Å². The van der Waals surface area contributed by atoms with E-state index in [2.05, 4.69) is 42.2 Å². The van der Waals surface area contributed by atoms with Crippen molar-refractivity contribution in [1.82, 2.24) is 42.2 Å². The van der Waals surface area contributed by atoms with Crippen LogP contribution in [0.2, 0.25) is 0 Å². The summed E-state index contributed by atoms with van der Waals surface area (Å²) in [4.78, 5) is 118. The van der Waals surface area contributed by atoms with Gasteiger partial charge in [0.15, 0.2) is 0 Å². The lowest BCUT2D eigenvalue weighted by molar-refractivity contribution is -0.142. The SMILES string of the molecule is CC(C)[C@@H]1NC(=O)[C@H](CCCCN)NC(=O)[C@@H](Cc2c[nH]c3ccccc23)NC(=O)[C@H](Cc2ccc(O)cc2)NC(=O)[C@H](NC(=O)[C@H](N)Cc2ccccc2)CSSC[C@@H](C(=O)N[C@@H](Cc2ccc3ccccc3c2)C(=O)O)NC1=O. The Morgan fingerprint density at radius 1 is 0.654 bits per heavy atom. The van der Waals surface area contributed by atoms with Gasteiger partial charge in [-0.15, -0.1) is 0 Å². The summed E-state index contributed by atoms with van der Waals surface area (Å²) < 4.78 is 0. The first-order valence-electron chi connectivity index (χ1n) is 26.9. The second kappa shape index (κ2) is 29.5. The van der Waals surface area contributed by atoms with Crippen molar-refractivity contribution in [2.24, 2.45) is 17.4 Å². The average molecular weight is 1140 g/mol. The van der Waals surface area contributed by atoms with E-state index in [4.69, 9.17) is 11.5 Å². The number of aromatic hydroxyl groups is 1. The monoisotopic (exact) mass is 1140 g/mol. The number of benzene rings is 5. The van der Waals surface area contributed by atoms with Crippen molar-refractivity contribution < 1.29 is 48.6 Å². The topological polar surface area (TPSA) is 329 Å². The first-order valence-corrected chi connectivity index (χ1v) is 29.3. The van der Waals surface area contributed by atoms with Crippen molar-refractivity contribution >= 4 is 90.6 Å². The number of phenolic OH excluding ortho intramolecular Hbond substituents is 1. The highest BCUT2D eigenvalue weighted by atomic mass is 33.1. The molecule has 14 N–H and O–H groups in total. The normalized spacial score (nSPS) is 20.7. The van der Waals surface area contributed by atoms with Crippen LogP contribution < -0.4 is 48.7 Å². The number of H-pyrrole nitrogens is 1. The van der Waals surface area contributed by atoms with Gasteiger partial charge in [0, 0.05) is 47.9 Å². The minimum absolute atomic E-state index is 0.0465. The Morgan fingerprint density at radius 2 is 1.28 bits per heavy atom. The van der Waals surface area contributed by atoms with E-state index >= 15 is 0 Å². The minimum atomic E-state index is -1.44. The standard InChI is InChI=1S/C59H70N10O10S2/c1-34(2)51-58(77)68-50(57(76)66-48(59(78)79)29-37-19-22-38-14-6-7-15-39(38)26-37)33-81-80-32-49(67-52(71)43(61)27-35-12-4-3-5-13-35)56(75)64-46(28-36-20-23-41(70)24-21-36)54(73)65-47(30-40-31-62-44-17-9-8-16-42(40)44)55(74)63-45(53(72)69-51)18-10-11-25-60/h3-9,12-17,19-24,26,31,34,43,45-51,62,70H,10-11,18,25,27-30,32-33,60-61H2,1-2H3,(H,63,74)(H,64,75)(H,65,73)(H,66,76)(H,67,71)(H,68,77)(H,69,72)(H,78,79)/t43-,45+,46+,47-,48+,49-,50+,51+/m1/s1. The summed E-state index contributed by atoms with van der Waals surface area (Å²) in [6.07, 6.45) is 2.42.